The zero-order valence-corrected chi connectivity index (χ0v) is 9.55. The molecule has 0 amide bonds. The predicted octanol–water partition coefficient (Wildman–Crippen LogP) is 2.06. The van der Waals surface area contributed by atoms with E-state index in [1.165, 1.54) is 6.07 Å². The van der Waals surface area contributed by atoms with Gasteiger partial charge in [-0.1, -0.05) is 11.6 Å². The van der Waals surface area contributed by atoms with Gasteiger partial charge in [0.1, 0.15) is 5.76 Å². The number of aromatic carboxylic acids is 1. The van der Waals surface area contributed by atoms with Gasteiger partial charge >= 0.3 is 5.97 Å². The highest BCUT2D eigenvalue weighted by atomic mass is 35.5. The Bertz CT molecular complexity index is 463. The summed E-state index contributed by atoms with van der Waals surface area (Å²) < 4.78 is 5.05. The minimum Gasteiger partial charge on any atom is -0.475 e. The van der Waals surface area contributed by atoms with E-state index in [9.17, 15) is 4.79 Å². The molecule has 0 fully saturated rings. The molecule has 0 atom stereocenters. The Hall–Kier alpha value is -1.75. The first-order valence-electron chi connectivity index (χ1n) is 4.43. The van der Waals surface area contributed by atoms with E-state index < -0.39 is 5.97 Å². The molecular weight excluding hydrogens is 232 g/mol. The molecule has 0 aliphatic heterocycles. The van der Waals surface area contributed by atoms with Crippen molar-refractivity contribution in [3.05, 3.63) is 28.2 Å². The van der Waals surface area contributed by atoms with E-state index >= 15 is 0 Å². The lowest BCUT2D eigenvalue weighted by atomic mass is 10.1. The van der Waals surface area contributed by atoms with Gasteiger partial charge in [-0.05, 0) is 6.92 Å². The first kappa shape index (κ1) is 12.3. The molecular formula is C10H11ClN2O3. The van der Waals surface area contributed by atoms with E-state index in [1.54, 1.807) is 14.0 Å². The monoisotopic (exact) mass is 242 g/mol. The van der Waals surface area contributed by atoms with Crippen LogP contribution in [0.2, 0.25) is 0 Å². The maximum Gasteiger partial charge on any atom is 0.371 e. The van der Waals surface area contributed by atoms with Crippen LogP contribution in [0.15, 0.2) is 15.5 Å². The van der Waals surface area contributed by atoms with E-state index in [-0.39, 0.29) is 10.8 Å². The van der Waals surface area contributed by atoms with Gasteiger partial charge in [-0.2, -0.15) is 0 Å². The first-order chi connectivity index (χ1) is 7.51. The Morgan fingerprint density at radius 2 is 2.31 bits per heavy atom. The number of carbonyl (C=O) groups is 1. The van der Waals surface area contributed by atoms with Crippen LogP contribution in [0.4, 0.5) is 0 Å². The van der Waals surface area contributed by atoms with Gasteiger partial charge in [0.15, 0.2) is 0 Å². The standard InChI is InChI=1S/C10H11ClN2O3/c1-5-6(3-8(16-5)10(14)15)9(13-2)7(11)4-12/h3-4,12-13H,1-2H3,(H,14,15)/b9-7+,12-4?. The summed E-state index contributed by atoms with van der Waals surface area (Å²) in [6.45, 7) is 1.63. The van der Waals surface area contributed by atoms with Crippen LogP contribution in [-0.4, -0.2) is 24.3 Å². The molecule has 3 N–H and O–H groups in total. The SMILES string of the molecule is CN/C(=C(/Cl)C=N)c1cc(C(=O)O)oc1C. The molecule has 0 radical (unpaired) electrons. The van der Waals surface area contributed by atoms with E-state index in [2.05, 4.69) is 5.32 Å². The van der Waals surface area contributed by atoms with Crippen LogP contribution in [0.5, 0.6) is 0 Å². The van der Waals surface area contributed by atoms with Crippen molar-refractivity contribution >= 4 is 29.5 Å². The average Bonchev–Trinajstić information content (AvgIpc) is 2.62. The third-order valence-electron chi connectivity index (χ3n) is 2.01. The number of furan rings is 1. The Morgan fingerprint density at radius 3 is 2.69 bits per heavy atom. The summed E-state index contributed by atoms with van der Waals surface area (Å²) >= 11 is 5.81. The van der Waals surface area contributed by atoms with Crippen LogP contribution in [-0.2, 0) is 0 Å². The Balaban J connectivity index is 3.32. The average molecular weight is 243 g/mol. The van der Waals surface area contributed by atoms with Gasteiger partial charge in [0.2, 0.25) is 5.76 Å². The second-order valence-electron chi connectivity index (χ2n) is 3.00. The molecule has 0 spiro atoms. The van der Waals surface area contributed by atoms with Gasteiger partial charge < -0.3 is 20.2 Å². The van der Waals surface area contributed by atoms with E-state index in [4.69, 9.17) is 26.5 Å². The fourth-order valence-electron chi connectivity index (χ4n) is 1.29. The molecule has 5 nitrogen and oxygen atoms in total. The number of carboxylic acid groups (broad SMARTS) is 1. The summed E-state index contributed by atoms with van der Waals surface area (Å²) in [4.78, 5) is 10.7. The molecule has 0 aliphatic rings. The molecule has 1 aromatic rings. The molecule has 0 bridgehead atoms. The van der Waals surface area contributed by atoms with Gasteiger partial charge in [-0.3, -0.25) is 0 Å². The van der Waals surface area contributed by atoms with E-state index in [0.29, 0.717) is 17.0 Å². The lowest BCUT2D eigenvalue weighted by Gasteiger charge is -2.05. The molecule has 0 saturated heterocycles. The summed E-state index contributed by atoms with van der Waals surface area (Å²) in [5.74, 6) is -0.868. The second kappa shape index (κ2) is 4.85. The topological polar surface area (TPSA) is 86.3 Å². The highest BCUT2D eigenvalue weighted by Crippen LogP contribution is 2.24. The number of allylic oxidation sites excluding steroid dienone is 1. The molecule has 0 saturated carbocycles. The Labute approximate surface area is 97.2 Å². The van der Waals surface area contributed by atoms with Gasteiger partial charge in [-0.25, -0.2) is 4.79 Å². The van der Waals surface area contributed by atoms with Gasteiger partial charge in [0.25, 0.3) is 0 Å². The molecule has 1 aromatic heterocycles. The van der Waals surface area contributed by atoms with Crippen molar-refractivity contribution in [3.8, 4) is 0 Å². The molecule has 0 unspecified atom stereocenters. The number of nitrogens with one attached hydrogen (secondary N) is 2. The second-order valence-corrected chi connectivity index (χ2v) is 3.41. The van der Waals surface area contributed by atoms with E-state index in [1.807, 2.05) is 0 Å². The van der Waals surface area contributed by atoms with E-state index in [0.717, 1.165) is 6.21 Å². The van der Waals surface area contributed by atoms with Gasteiger partial charge in [-0.15, -0.1) is 0 Å². The van der Waals surface area contributed by atoms with Gasteiger partial charge in [0, 0.05) is 24.9 Å². The van der Waals surface area contributed by atoms with Crippen molar-refractivity contribution in [2.45, 2.75) is 6.92 Å². The zero-order valence-electron chi connectivity index (χ0n) is 8.80. The fraction of sp³-hybridized carbons (Fsp3) is 0.200. The van der Waals surface area contributed by atoms with Crippen LogP contribution in [0.25, 0.3) is 5.70 Å². The number of hydrogen-bond acceptors (Lipinski definition) is 4. The largest absolute Gasteiger partial charge is 0.475 e. The molecule has 1 rings (SSSR count). The highest BCUT2D eigenvalue weighted by molar-refractivity contribution is 6.42. The number of carboxylic acids is 1. The zero-order chi connectivity index (χ0) is 12.3. The molecule has 86 valence electrons. The van der Waals surface area contributed by atoms with Crippen LogP contribution in [0.3, 0.4) is 0 Å². The van der Waals surface area contributed by atoms with Crippen molar-refractivity contribution in [1.82, 2.24) is 5.32 Å². The van der Waals surface area contributed by atoms with Crippen molar-refractivity contribution in [3.63, 3.8) is 0 Å². The molecule has 16 heavy (non-hydrogen) atoms. The normalized spacial score (nSPS) is 11.9. The minimum absolute atomic E-state index is 0.158. The minimum atomic E-state index is -1.14. The maximum absolute atomic E-state index is 10.7. The number of rotatable bonds is 4. The van der Waals surface area contributed by atoms with Crippen molar-refractivity contribution in [2.75, 3.05) is 7.05 Å². The summed E-state index contributed by atoms with van der Waals surface area (Å²) in [6, 6.07) is 1.37. The molecule has 1 heterocycles. The predicted molar refractivity (Wildman–Crippen MR) is 61.0 cm³/mol. The Morgan fingerprint density at radius 1 is 1.69 bits per heavy atom. The van der Waals surface area contributed by atoms with Crippen LogP contribution < -0.4 is 5.32 Å². The van der Waals surface area contributed by atoms with Crippen LogP contribution in [0.1, 0.15) is 21.9 Å². The fourth-order valence-corrected chi connectivity index (χ4v) is 1.49. The van der Waals surface area contributed by atoms with Gasteiger partial charge in [0.05, 0.1) is 10.7 Å². The number of halogens is 1. The van der Waals surface area contributed by atoms with Crippen molar-refractivity contribution in [2.24, 2.45) is 0 Å². The molecule has 0 aliphatic carbocycles. The summed E-state index contributed by atoms with van der Waals surface area (Å²) in [7, 11) is 1.63. The summed E-state index contributed by atoms with van der Waals surface area (Å²) in [5.41, 5.74) is 0.999. The molecule has 0 aromatic carbocycles. The third kappa shape index (κ3) is 2.25. The Kier molecular flexibility index (Phi) is 3.73. The maximum atomic E-state index is 10.7. The summed E-state index contributed by atoms with van der Waals surface area (Å²) in [6.07, 6.45) is 0.972. The third-order valence-corrected chi connectivity index (χ3v) is 2.31. The van der Waals surface area contributed by atoms with Crippen LogP contribution >= 0.6 is 11.6 Å². The smallest absolute Gasteiger partial charge is 0.371 e. The first-order valence-corrected chi connectivity index (χ1v) is 4.81. The highest BCUT2D eigenvalue weighted by Gasteiger charge is 2.17. The summed E-state index contributed by atoms with van der Waals surface area (Å²) in [5, 5.41) is 18.8. The number of hydrogen-bond donors (Lipinski definition) is 3. The van der Waals surface area contributed by atoms with Crippen molar-refractivity contribution in [1.29, 1.82) is 5.41 Å². The van der Waals surface area contributed by atoms with Crippen LogP contribution in [0, 0.1) is 12.3 Å². The molecule has 6 heteroatoms. The quantitative estimate of drug-likeness (QED) is 0.706. The lowest BCUT2D eigenvalue weighted by Crippen LogP contribution is -2.07. The van der Waals surface area contributed by atoms with Crippen molar-refractivity contribution < 1.29 is 14.3 Å². The number of aryl methyl sites for hydroxylation is 1. The lowest BCUT2D eigenvalue weighted by molar-refractivity contribution is 0.0661.